The number of methoxy groups -OCH3 is 1. The number of carboxylic acids is 1. The molecule has 0 fully saturated rings. The average molecular weight is 303 g/mol. The van der Waals surface area contributed by atoms with Crippen molar-refractivity contribution in [1.82, 2.24) is 0 Å². The molecule has 3 N–H and O–H groups in total. The van der Waals surface area contributed by atoms with Crippen LogP contribution in [0.15, 0.2) is 42.5 Å². The van der Waals surface area contributed by atoms with Crippen molar-refractivity contribution in [1.29, 1.82) is 0 Å². The van der Waals surface area contributed by atoms with Crippen molar-refractivity contribution in [2.75, 3.05) is 12.4 Å². The third kappa shape index (κ3) is 3.66. The summed E-state index contributed by atoms with van der Waals surface area (Å²) >= 11 is 0. The van der Waals surface area contributed by atoms with Crippen molar-refractivity contribution in [3.63, 3.8) is 0 Å². The summed E-state index contributed by atoms with van der Waals surface area (Å²) in [7, 11) is 1.52. The standard InChI is InChI=1S/C15H13NO6/c1-21-10-3-5-11(6-4-10)22-15(20)16-9-2-7-12(14(18)19)13(17)8-9/h2-8,17H,1H3,(H,16,20)(H,18,19). The summed E-state index contributed by atoms with van der Waals surface area (Å²) < 4.78 is 10.0. The molecule has 0 aliphatic rings. The molecule has 0 spiro atoms. The van der Waals surface area contributed by atoms with Gasteiger partial charge in [-0.05, 0) is 36.4 Å². The Bertz CT molecular complexity index is 696. The van der Waals surface area contributed by atoms with Crippen LogP contribution in [0.25, 0.3) is 0 Å². The van der Waals surface area contributed by atoms with Crippen LogP contribution in [0.1, 0.15) is 10.4 Å². The van der Waals surface area contributed by atoms with Gasteiger partial charge in [0.15, 0.2) is 0 Å². The van der Waals surface area contributed by atoms with E-state index in [-0.39, 0.29) is 11.3 Å². The molecule has 2 rings (SSSR count). The molecule has 2 aromatic rings. The van der Waals surface area contributed by atoms with Crippen molar-refractivity contribution >= 4 is 17.7 Å². The van der Waals surface area contributed by atoms with E-state index in [0.29, 0.717) is 11.5 Å². The molecular weight excluding hydrogens is 290 g/mol. The van der Waals surface area contributed by atoms with Crippen LogP contribution < -0.4 is 14.8 Å². The topological polar surface area (TPSA) is 105 Å². The Morgan fingerprint density at radius 1 is 1.05 bits per heavy atom. The highest BCUT2D eigenvalue weighted by atomic mass is 16.6. The molecule has 2 aromatic carbocycles. The monoisotopic (exact) mass is 303 g/mol. The summed E-state index contributed by atoms with van der Waals surface area (Å²) in [5.41, 5.74) is -0.0462. The SMILES string of the molecule is COc1ccc(OC(=O)Nc2ccc(C(=O)O)c(O)c2)cc1. The number of carbonyl (C=O) groups is 2. The number of anilines is 1. The fourth-order valence-electron chi connectivity index (χ4n) is 1.68. The number of phenols is 1. The van der Waals surface area contributed by atoms with Crippen LogP contribution in [-0.4, -0.2) is 29.4 Å². The highest BCUT2D eigenvalue weighted by Crippen LogP contribution is 2.22. The van der Waals surface area contributed by atoms with Crippen LogP contribution in [0, 0.1) is 0 Å². The van der Waals surface area contributed by atoms with Crippen LogP contribution >= 0.6 is 0 Å². The van der Waals surface area contributed by atoms with Crippen molar-refractivity contribution in [2.24, 2.45) is 0 Å². The van der Waals surface area contributed by atoms with Gasteiger partial charge in [0.1, 0.15) is 22.8 Å². The minimum Gasteiger partial charge on any atom is -0.507 e. The van der Waals surface area contributed by atoms with Crippen molar-refractivity contribution in [3.8, 4) is 17.2 Å². The fraction of sp³-hybridized carbons (Fsp3) is 0.0667. The lowest BCUT2D eigenvalue weighted by molar-refractivity contribution is 0.0693. The quantitative estimate of drug-likeness (QED) is 0.802. The second-order valence-corrected chi connectivity index (χ2v) is 4.23. The number of rotatable bonds is 4. The van der Waals surface area contributed by atoms with Gasteiger partial charge >= 0.3 is 12.1 Å². The summed E-state index contributed by atoms with van der Waals surface area (Å²) in [6.07, 6.45) is -0.771. The first kappa shape index (κ1) is 15.2. The Labute approximate surface area is 125 Å². The van der Waals surface area contributed by atoms with Crippen LogP contribution in [0.5, 0.6) is 17.2 Å². The molecule has 0 radical (unpaired) electrons. The van der Waals surface area contributed by atoms with Crippen molar-refractivity contribution < 1.29 is 29.3 Å². The summed E-state index contributed by atoms with van der Waals surface area (Å²) in [5, 5.41) is 20.7. The van der Waals surface area contributed by atoms with E-state index in [1.165, 1.54) is 19.2 Å². The Hall–Kier alpha value is -3.22. The number of carboxylic acid groups (broad SMARTS) is 1. The van der Waals surface area contributed by atoms with E-state index in [2.05, 4.69) is 5.32 Å². The molecular formula is C15H13NO6. The molecule has 114 valence electrons. The predicted molar refractivity (Wildman–Crippen MR) is 77.7 cm³/mol. The maximum atomic E-state index is 11.7. The zero-order valence-corrected chi connectivity index (χ0v) is 11.6. The van der Waals surface area contributed by atoms with Gasteiger partial charge in [-0.25, -0.2) is 9.59 Å². The summed E-state index contributed by atoms with van der Waals surface area (Å²) in [6.45, 7) is 0. The molecule has 0 saturated carbocycles. The molecule has 0 heterocycles. The van der Waals surface area contributed by atoms with E-state index < -0.39 is 17.8 Å². The molecule has 0 aliphatic carbocycles. The van der Waals surface area contributed by atoms with Gasteiger partial charge in [-0.3, -0.25) is 5.32 Å². The van der Waals surface area contributed by atoms with Gasteiger partial charge in [0.2, 0.25) is 0 Å². The zero-order valence-electron chi connectivity index (χ0n) is 11.6. The molecule has 0 unspecified atom stereocenters. The Balaban J connectivity index is 2.02. The second-order valence-electron chi connectivity index (χ2n) is 4.23. The lowest BCUT2D eigenvalue weighted by Gasteiger charge is -2.08. The second kappa shape index (κ2) is 6.49. The number of ether oxygens (including phenoxy) is 2. The largest absolute Gasteiger partial charge is 0.507 e. The van der Waals surface area contributed by atoms with E-state index in [0.717, 1.165) is 6.07 Å². The fourth-order valence-corrected chi connectivity index (χ4v) is 1.68. The summed E-state index contributed by atoms with van der Waals surface area (Å²) in [4.78, 5) is 22.5. The van der Waals surface area contributed by atoms with Crippen LogP contribution in [0.4, 0.5) is 10.5 Å². The Morgan fingerprint density at radius 3 is 2.23 bits per heavy atom. The molecule has 0 aliphatic heterocycles. The molecule has 0 saturated heterocycles. The Kier molecular flexibility index (Phi) is 4.47. The smallest absolute Gasteiger partial charge is 0.417 e. The third-order valence-corrected chi connectivity index (χ3v) is 2.74. The first-order valence-electron chi connectivity index (χ1n) is 6.19. The van der Waals surface area contributed by atoms with Crippen LogP contribution in [0.2, 0.25) is 0 Å². The number of aromatic carboxylic acids is 1. The van der Waals surface area contributed by atoms with Crippen LogP contribution in [-0.2, 0) is 0 Å². The van der Waals surface area contributed by atoms with Gasteiger partial charge < -0.3 is 19.7 Å². The average Bonchev–Trinajstić information content (AvgIpc) is 2.47. The lowest BCUT2D eigenvalue weighted by atomic mass is 10.2. The number of aromatic hydroxyl groups is 1. The van der Waals surface area contributed by atoms with Gasteiger partial charge in [-0.2, -0.15) is 0 Å². The molecule has 22 heavy (non-hydrogen) atoms. The summed E-state index contributed by atoms with van der Waals surface area (Å²) in [6, 6.07) is 10.0. The van der Waals surface area contributed by atoms with E-state index in [9.17, 15) is 14.7 Å². The maximum Gasteiger partial charge on any atom is 0.417 e. The van der Waals surface area contributed by atoms with Gasteiger partial charge in [0.05, 0.1) is 7.11 Å². The number of benzene rings is 2. The highest BCUT2D eigenvalue weighted by Gasteiger charge is 2.11. The first-order chi connectivity index (χ1) is 10.5. The Morgan fingerprint density at radius 2 is 1.68 bits per heavy atom. The number of hydrogen-bond donors (Lipinski definition) is 3. The van der Waals surface area contributed by atoms with Gasteiger partial charge in [-0.1, -0.05) is 0 Å². The third-order valence-electron chi connectivity index (χ3n) is 2.74. The normalized spacial score (nSPS) is 9.86. The molecule has 7 nitrogen and oxygen atoms in total. The van der Waals surface area contributed by atoms with E-state index in [1.807, 2.05) is 0 Å². The molecule has 1 amide bonds. The number of amides is 1. The number of carbonyl (C=O) groups excluding carboxylic acids is 1. The van der Waals surface area contributed by atoms with Crippen molar-refractivity contribution in [2.45, 2.75) is 0 Å². The number of hydrogen-bond acceptors (Lipinski definition) is 5. The van der Waals surface area contributed by atoms with E-state index in [1.54, 1.807) is 24.3 Å². The first-order valence-corrected chi connectivity index (χ1v) is 6.19. The van der Waals surface area contributed by atoms with Gasteiger partial charge in [0.25, 0.3) is 0 Å². The zero-order chi connectivity index (χ0) is 16.1. The number of nitrogens with one attached hydrogen (secondary N) is 1. The lowest BCUT2D eigenvalue weighted by Crippen LogP contribution is -2.16. The van der Waals surface area contributed by atoms with E-state index in [4.69, 9.17) is 14.6 Å². The molecule has 7 heteroatoms. The van der Waals surface area contributed by atoms with Crippen molar-refractivity contribution in [3.05, 3.63) is 48.0 Å². The highest BCUT2D eigenvalue weighted by molar-refractivity contribution is 5.93. The molecule has 0 bridgehead atoms. The van der Waals surface area contributed by atoms with Gasteiger partial charge in [0, 0.05) is 11.8 Å². The molecule has 0 aromatic heterocycles. The minimum absolute atomic E-state index is 0.209. The minimum atomic E-state index is -1.26. The summed E-state index contributed by atoms with van der Waals surface area (Å²) in [5.74, 6) is -0.772. The van der Waals surface area contributed by atoms with Gasteiger partial charge in [-0.15, -0.1) is 0 Å². The molecule has 0 atom stereocenters. The van der Waals surface area contributed by atoms with E-state index >= 15 is 0 Å². The maximum absolute atomic E-state index is 11.7. The van der Waals surface area contributed by atoms with Crippen LogP contribution in [0.3, 0.4) is 0 Å². The predicted octanol–water partition coefficient (Wildman–Crippen LogP) is 2.71.